The lowest BCUT2D eigenvalue weighted by Gasteiger charge is -2.22. The molecule has 0 radical (unpaired) electrons. The van der Waals surface area contributed by atoms with Crippen LogP contribution in [0.4, 0.5) is 8.78 Å². The molecule has 4 nitrogen and oxygen atoms in total. The molecule has 0 spiro atoms. The van der Waals surface area contributed by atoms with Crippen LogP contribution in [0, 0.1) is 0 Å². The average Bonchev–Trinajstić information content (AvgIpc) is 2.72. The summed E-state index contributed by atoms with van der Waals surface area (Å²) in [5.74, 6) is -5.49. The molecule has 0 aromatic carbocycles. The number of carbonyl (C=O) groups is 1. The van der Waals surface area contributed by atoms with Crippen molar-refractivity contribution in [2.24, 2.45) is 0 Å². The summed E-state index contributed by atoms with van der Waals surface area (Å²) in [5.41, 5.74) is 0. The van der Waals surface area contributed by atoms with Gasteiger partial charge in [-0.05, 0) is 26.7 Å². The zero-order valence-corrected chi connectivity index (χ0v) is 10.8. The highest BCUT2D eigenvalue weighted by Gasteiger charge is 2.40. The van der Waals surface area contributed by atoms with Gasteiger partial charge in [-0.25, -0.2) is 4.79 Å². The van der Waals surface area contributed by atoms with Crippen molar-refractivity contribution in [3.8, 4) is 0 Å². The minimum atomic E-state index is -3.39. The average molecular weight is 266 g/mol. The fourth-order valence-corrected chi connectivity index (χ4v) is 1.83. The first kappa shape index (κ1) is 15.3. The predicted octanol–water partition coefficient (Wildman–Crippen LogP) is 2.51. The van der Waals surface area contributed by atoms with Crippen LogP contribution in [0.3, 0.4) is 0 Å². The Hall–Kier alpha value is -0.750. The van der Waals surface area contributed by atoms with Gasteiger partial charge in [0, 0.05) is 12.8 Å². The summed E-state index contributed by atoms with van der Waals surface area (Å²) >= 11 is 0. The lowest BCUT2D eigenvalue weighted by Crippen LogP contribution is -2.31. The minimum Gasteiger partial charge on any atom is -0.462 e. The van der Waals surface area contributed by atoms with Gasteiger partial charge < -0.3 is 14.2 Å². The highest BCUT2D eigenvalue weighted by molar-refractivity contribution is 5.77. The van der Waals surface area contributed by atoms with E-state index in [2.05, 4.69) is 4.74 Å². The van der Waals surface area contributed by atoms with E-state index >= 15 is 0 Å². The Morgan fingerprint density at radius 1 is 1.33 bits per heavy atom. The van der Waals surface area contributed by atoms with Crippen LogP contribution in [0.2, 0.25) is 0 Å². The molecule has 0 atom stereocenters. The zero-order valence-electron chi connectivity index (χ0n) is 10.8. The number of ether oxygens (including phenoxy) is 3. The third-order valence-electron chi connectivity index (χ3n) is 2.84. The molecule has 1 saturated heterocycles. The Kier molecular flexibility index (Phi) is 5.47. The lowest BCUT2D eigenvalue weighted by atomic mass is 10.1. The van der Waals surface area contributed by atoms with E-state index in [4.69, 9.17) is 9.47 Å². The van der Waals surface area contributed by atoms with Crippen LogP contribution in [0.25, 0.3) is 0 Å². The number of hydrogen-bond donors (Lipinski definition) is 0. The molecule has 106 valence electrons. The van der Waals surface area contributed by atoms with Crippen molar-refractivity contribution in [2.45, 2.75) is 51.2 Å². The largest absolute Gasteiger partial charge is 0.462 e. The Morgan fingerprint density at radius 3 is 2.50 bits per heavy atom. The summed E-state index contributed by atoms with van der Waals surface area (Å²) in [6.45, 7) is 4.34. The van der Waals surface area contributed by atoms with Gasteiger partial charge in [0.2, 0.25) is 0 Å². The molecule has 1 fully saturated rings. The zero-order chi connectivity index (χ0) is 13.6. The first-order valence-electron chi connectivity index (χ1n) is 6.22. The van der Waals surface area contributed by atoms with Gasteiger partial charge in [0.25, 0.3) is 0 Å². The fourth-order valence-electron chi connectivity index (χ4n) is 1.83. The summed E-state index contributed by atoms with van der Waals surface area (Å²) < 4.78 is 41.6. The molecule has 1 rings (SSSR count). The molecule has 0 unspecified atom stereocenters. The normalized spacial score (nSPS) is 18.9. The number of unbranched alkanes of at least 4 members (excludes halogenated alkanes) is 1. The fraction of sp³-hybridized carbons (Fsp3) is 0.917. The van der Waals surface area contributed by atoms with Gasteiger partial charge >= 0.3 is 11.9 Å². The van der Waals surface area contributed by atoms with Crippen molar-refractivity contribution in [3.63, 3.8) is 0 Å². The molecule has 0 aromatic heterocycles. The Balaban J connectivity index is 2.22. The van der Waals surface area contributed by atoms with Crippen molar-refractivity contribution >= 4 is 5.97 Å². The van der Waals surface area contributed by atoms with Gasteiger partial charge in [-0.2, -0.15) is 8.78 Å². The first-order chi connectivity index (χ1) is 8.40. The van der Waals surface area contributed by atoms with Crippen molar-refractivity contribution in [2.75, 3.05) is 19.8 Å². The molecule has 0 saturated carbocycles. The molecule has 0 N–H and O–H groups in total. The van der Waals surface area contributed by atoms with Crippen LogP contribution >= 0.6 is 0 Å². The molecule has 1 aliphatic rings. The highest BCUT2D eigenvalue weighted by atomic mass is 19.3. The summed E-state index contributed by atoms with van der Waals surface area (Å²) in [5, 5.41) is 0. The van der Waals surface area contributed by atoms with Crippen LogP contribution < -0.4 is 0 Å². The standard InChI is InChI=1S/C12H20F2O4/c1-3-16-10(15)12(13,14)7-5-4-6-11(2)17-8-9-18-11/h3-9H2,1-2H3. The maximum Gasteiger partial charge on any atom is 0.376 e. The summed E-state index contributed by atoms with van der Waals surface area (Å²) in [6.07, 6.45) is 0.799. The lowest BCUT2D eigenvalue weighted by molar-refractivity contribution is -0.173. The molecule has 18 heavy (non-hydrogen) atoms. The summed E-state index contributed by atoms with van der Waals surface area (Å²) in [6, 6.07) is 0. The topological polar surface area (TPSA) is 44.8 Å². The minimum absolute atomic E-state index is 0.0336. The Bertz CT molecular complexity index is 275. The summed E-state index contributed by atoms with van der Waals surface area (Å²) in [7, 11) is 0. The summed E-state index contributed by atoms with van der Waals surface area (Å²) in [4.78, 5) is 11.0. The quantitative estimate of drug-likeness (QED) is 0.524. The third kappa shape index (κ3) is 4.49. The van der Waals surface area contributed by atoms with Gasteiger partial charge in [-0.15, -0.1) is 0 Å². The van der Waals surface area contributed by atoms with E-state index in [-0.39, 0.29) is 13.0 Å². The number of hydrogen-bond acceptors (Lipinski definition) is 4. The molecule has 6 heteroatoms. The van der Waals surface area contributed by atoms with Gasteiger partial charge in [-0.3, -0.25) is 0 Å². The van der Waals surface area contributed by atoms with E-state index in [0.29, 0.717) is 26.1 Å². The maximum absolute atomic E-state index is 13.3. The SMILES string of the molecule is CCOC(=O)C(F)(F)CCCCC1(C)OCCO1. The Morgan fingerprint density at radius 2 is 1.94 bits per heavy atom. The second-order valence-electron chi connectivity index (χ2n) is 4.46. The molecule has 0 bridgehead atoms. The van der Waals surface area contributed by atoms with Crippen molar-refractivity contribution in [3.05, 3.63) is 0 Å². The van der Waals surface area contributed by atoms with Gasteiger partial charge in [0.1, 0.15) is 0 Å². The van der Waals surface area contributed by atoms with Gasteiger partial charge in [0.15, 0.2) is 5.79 Å². The number of esters is 1. The predicted molar refractivity (Wildman–Crippen MR) is 60.4 cm³/mol. The highest BCUT2D eigenvalue weighted by Crippen LogP contribution is 2.28. The van der Waals surface area contributed by atoms with E-state index in [0.717, 1.165) is 0 Å². The van der Waals surface area contributed by atoms with Crippen molar-refractivity contribution < 1.29 is 27.8 Å². The molecule has 0 amide bonds. The van der Waals surface area contributed by atoms with Gasteiger partial charge in [-0.1, -0.05) is 0 Å². The third-order valence-corrected chi connectivity index (χ3v) is 2.84. The van der Waals surface area contributed by atoms with Crippen LogP contribution in [-0.4, -0.2) is 37.5 Å². The van der Waals surface area contributed by atoms with E-state index in [1.807, 2.05) is 0 Å². The number of carbonyl (C=O) groups excluding carboxylic acids is 1. The van der Waals surface area contributed by atoms with Crippen LogP contribution in [0.15, 0.2) is 0 Å². The maximum atomic E-state index is 13.3. The smallest absolute Gasteiger partial charge is 0.376 e. The molecular formula is C12H20F2O4. The van der Waals surface area contributed by atoms with E-state index in [1.54, 1.807) is 6.92 Å². The van der Waals surface area contributed by atoms with Crippen LogP contribution in [0.1, 0.15) is 39.5 Å². The van der Waals surface area contributed by atoms with E-state index < -0.39 is 24.1 Å². The van der Waals surface area contributed by atoms with Crippen LogP contribution in [-0.2, 0) is 19.0 Å². The van der Waals surface area contributed by atoms with Crippen LogP contribution in [0.5, 0.6) is 0 Å². The number of halogens is 2. The second kappa shape index (κ2) is 6.43. The molecule has 0 aromatic rings. The number of alkyl halides is 2. The first-order valence-corrected chi connectivity index (χ1v) is 6.22. The van der Waals surface area contributed by atoms with E-state index in [9.17, 15) is 13.6 Å². The molecular weight excluding hydrogens is 246 g/mol. The van der Waals surface area contributed by atoms with Crippen molar-refractivity contribution in [1.29, 1.82) is 0 Å². The monoisotopic (exact) mass is 266 g/mol. The van der Waals surface area contributed by atoms with Crippen molar-refractivity contribution in [1.82, 2.24) is 0 Å². The molecule has 1 heterocycles. The molecule has 1 aliphatic heterocycles. The Labute approximate surface area is 106 Å². The van der Waals surface area contributed by atoms with Gasteiger partial charge in [0.05, 0.1) is 19.8 Å². The molecule has 0 aliphatic carbocycles. The number of rotatable bonds is 7. The van der Waals surface area contributed by atoms with E-state index in [1.165, 1.54) is 6.92 Å². The second-order valence-corrected chi connectivity index (χ2v) is 4.46.